The number of hydrogen-bond donors (Lipinski definition) is 3. The van der Waals surface area contributed by atoms with Gasteiger partial charge in [-0.2, -0.15) is 0 Å². The molecule has 2 rings (SSSR count). The molecule has 132 valence electrons. The van der Waals surface area contributed by atoms with Crippen molar-refractivity contribution in [2.24, 2.45) is 17.6 Å². The lowest BCUT2D eigenvalue weighted by molar-refractivity contribution is -0.127. The Morgan fingerprint density at radius 1 is 1.25 bits per heavy atom. The van der Waals surface area contributed by atoms with E-state index in [2.05, 4.69) is 27.7 Å². The Bertz CT molecular complexity index is 547. The molecule has 0 aliphatic carbocycles. The van der Waals surface area contributed by atoms with Gasteiger partial charge in [0.2, 0.25) is 11.8 Å². The van der Waals surface area contributed by atoms with Crippen molar-refractivity contribution in [1.82, 2.24) is 10.6 Å². The van der Waals surface area contributed by atoms with Gasteiger partial charge in [-0.1, -0.05) is 32.0 Å². The highest BCUT2D eigenvalue weighted by atomic mass is 16.2. The van der Waals surface area contributed by atoms with Crippen molar-refractivity contribution in [2.45, 2.75) is 26.3 Å². The van der Waals surface area contributed by atoms with Crippen LogP contribution in [-0.4, -0.2) is 44.0 Å². The first kappa shape index (κ1) is 18.3. The summed E-state index contributed by atoms with van der Waals surface area (Å²) >= 11 is 0. The van der Waals surface area contributed by atoms with E-state index in [9.17, 15) is 9.59 Å². The number of benzene rings is 1. The monoisotopic (exact) mass is 332 g/mol. The summed E-state index contributed by atoms with van der Waals surface area (Å²) in [7, 11) is 0. The number of para-hydroxylation sites is 1. The van der Waals surface area contributed by atoms with E-state index < -0.39 is 6.04 Å². The van der Waals surface area contributed by atoms with Gasteiger partial charge in [-0.05, 0) is 30.4 Å². The van der Waals surface area contributed by atoms with Crippen molar-refractivity contribution in [3.63, 3.8) is 0 Å². The SMILES string of the molecule is CC(C)[C@H](N)C(=O)NCC(=O)NCC1CCN(c2ccccc2)C1. The van der Waals surface area contributed by atoms with E-state index in [1.165, 1.54) is 5.69 Å². The molecule has 1 aliphatic heterocycles. The summed E-state index contributed by atoms with van der Waals surface area (Å²) in [6.45, 7) is 6.31. The molecule has 0 spiro atoms. The minimum absolute atomic E-state index is 0.0195. The molecule has 24 heavy (non-hydrogen) atoms. The normalized spacial score (nSPS) is 18.5. The molecule has 6 nitrogen and oxygen atoms in total. The molecule has 0 saturated carbocycles. The Labute approximate surface area is 143 Å². The number of rotatable bonds is 7. The number of nitrogens with two attached hydrogens (primary N) is 1. The minimum Gasteiger partial charge on any atom is -0.371 e. The summed E-state index contributed by atoms with van der Waals surface area (Å²) in [6.07, 6.45) is 1.06. The van der Waals surface area contributed by atoms with Crippen LogP contribution in [0.3, 0.4) is 0 Å². The van der Waals surface area contributed by atoms with Crippen LogP contribution in [0.5, 0.6) is 0 Å². The lowest BCUT2D eigenvalue weighted by Crippen LogP contribution is -2.47. The molecule has 0 aromatic heterocycles. The zero-order chi connectivity index (χ0) is 17.5. The molecular weight excluding hydrogens is 304 g/mol. The lowest BCUT2D eigenvalue weighted by atomic mass is 10.1. The molecule has 2 atom stereocenters. The Morgan fingerprint density at radius 2 is 1.96 bits per heavy atom. The molecule has 6 heteroatoms. The first-order chi connectivity index (χ1) is 11.5. The molecule has 1 saturated heterocycles. The summed E-state index contributed by atoms with van der Waals surface area (Å²) in [5.74, 6) is 0.0343. The topological polar surface area (TPSA) is 87.5 Å². The molecule has 1 aromatic carbocycles. The van der Waals surface area contributed by atoms with Gasteiger partial charge in [-0.25, -0.2) is 0 Å². The zero-order valence-electron chi connectivity index (χ0n) is 14.5. The summed E-state index contributed by atoms with van der Waals surface area (Å²) in [5, 5.41) is 5.49. The molecule has 2 amide bonds. The quantitative estimate of drug-likeness (QED) is 0.687. The molecule has 1 heterocycles. The van der Waals surface area contributed by atoms with E-state index in [4.69, 9.17) is 5.73 Å². The number of nitrogens with one attached hydrogen (secondary N) is 2. The average molecular weight is 332 g/mol. The minimum atomic E-state index is -0.577. The van der Waals surface area contributed by atoms with Gasteiger partial charge in [-0.3, -0.25) is 9.59 Å². The molecular formula is C18H28N4O2. The second kappa shape index (κ2) is 8.68. The molecule has 1 fully saturated rings. The van der Waals surface area contributed by atoms with Crippen molar-refractivity contribution in [3.05, 3.63) is 30.3 Å². The van der Waals surface area contributed by atoms with Crippen LogP contribution < -0.4 is 21.3 Å². The van der Waals surface area contributed by atoms with E-state index in [-0.39, 0.29) is 24.3 Å². The van der Waals surface area contributed by atoms with Gasteiger partial charge in [0, 0.05) is 25.3 Å². The standard InChI is InChI=1S/C18H28N4O2/c1-13(2)17(19)18(24)21-11-16(23)20-10-14-8-9-22(12-14)15-6-4-3-5-7-15/h3-7,13-14,17H,8-12,19H2,1-2H3,(H,20,23)(H,21,24)/t14?,17-/m0/s1. The van der Waals surface area contributed by atoms with Gasteiger partial charge in [-0.15, -0.1) is 0 Å². The van der Waals surface area contributed by atoms with E-state index in [1.54, 1.807) is 0 Å². The van der Waals surface area contributed by atoms with E-state index in [0.717, 1.165) is 19.5 Å². The van der Waals surface area contributed by atoms with Gasteiger partial charge in [0.25, 0.3) is 0 Å². The van der Waals surface area contributed by atoms with Crippen LogP contribution in [-0.2, 0) is 9.59 Å². The van der Waals surface area contributed by atoms with Crippen molar-refractivity contribution < 1.29 is 9.59 Å². The van der Waals surface area contributed by atoms with Gasteiger partial charge in [0.05, 0.1) is 12.6 Å². The number of carbonyl (C=O) groups is 2. The molecule has 4 N–H and O–H groups in total. The average Bonchev–Trinajstić information content (AvgIpc) is 3.06. The van der Waals surface area contributed by atoms with E-state index in [1.807, 2.05) is 32.0 Å². The third-order valence-corrected chi connectivity index (χ3v) is 4.44. The Morgan fingerprint density at radius 3 is 2.62 bits per heavy atom. The van der Waals surface area contributed by atoms with Crippen LogP contribution in [0, 0.1) is 11.8 Å². The Kier molecular flexibility index (Phi) is 6.61. The molecule has 1 aliphatic rings. The van der Waals surface area contributed by atoms with Crippen molar-refractivity contribution >= 4 is 17.5 Å². The predicted molar refractivity (Wildman–Crippen MR) is 95.6 cm³/mol. The van der Waals surface area contributed by atoms with E-state index >= 15 is 0 Å². The van der Waals surface area contributed by atoms with Gasteiger partial charge in [0.15, 0.2) is 0 Å². The maximum absolute atomic E-state index is 11.9. The molecule has 0 radical (unpaired) electrons. The van der Waals surface area contributed by atoms with Crippen LogP contribution in [0.1, 0.15) is 20.3 Å². The van der Waals surface area contributed by atoms with Crippen LogP contribution in [0.15, 0.2) is 30.3 Å². The lowest BCUT2D eigenvalue weighted by Gasteiger charge is -2.19. The highest BCUT2D eigenvalue weighted by molar-refractivity contribution is 5.87. The number of amides is 2. The highest BCUT2D eigenvalue weighted by Gasteiger charge is 2.23. The Balaban J connectivity index is 1.67. The van der Waals surface area contributed by atoms with Crippen LogP contribution >= 0.6 is 0 Å². The predicted octanol–water partition coefficient (Wildman–Crippen LogP) is 0.729. The fourth-order valence-corrected chi connectivity index (χ4v) is 2.78. The first-order valence-electron chi connectivity index (χ1n) is 8.57. The van der Waals surface area contributed by atoms with Gasteiger partial charge in [0.1, 0.15) is 0 Å². The van der Waals surface area contributed by atoms with Crippen molar-refractivity contribution in [1.29, 1.82) is 0 Å². The summed E-state index contributed by atoms with van der Waals surface area (Å²) < 4.78 is 0. The van der Waals surface area contributed by atoms with Gasteiger partial charge < -0.3 is 21.3 Å². The molecule has 0 bridgehead atoms. The summed E-state index contributed by atoms with van der Waals surface area (Å²) in [4.78, 5) is 25.9. The fraction of sp³-hybridized carbons (Fsp3) is 0.556. The smallest absolute Gasteiger partial charge is 0.239 e. The first-order valence-corrected chi connectivity index (χ1v) is 8.57. The third kappa shape index (κ3) is 5.23. The summed E-state index contributed by atoms with van der Waals surface area (Å²) in [6, 6.07) is 9.72. The Hall–Kier alpha value is -2.08. The second-order valence-corrected chi connectivity index (χ2v) is 6.73. The maximum Gasteiger partial charge on any atom is 0.239 e. The van der Waals surface area contributed by atoms with Crippen molar-refractivity contribution in [3.8, 4) is 0 Å². The third-order valence-electron chi connectivity index (χ3n) is 4.44. The van der Waals surface area contributed by atoms with Crippen molar-refractivity contribution in [2.75, 3.05) is 31.1 Å². The molecule has 1 unspecified atom stereocenters. The summed E-state index contributed by atoms with van der Waals surface area (Å²) in [5.41, 5.74) is 6.96. The van der Waals surface area contributed by atoms with Crippen LogP contribution in [0.4, 0.5) is 5.69 Å². The zero-order valence-corrected chi connectivity index (χ0v) is 14.5. The fourth-order valence-electron chi connectivity index (χ4n) is 2.78. The number of hydrogen-bond acceptors (Lipinski definition) is 4. The largest absolute Gasteiger partial charge is 0.371 e. The number of carbonyl (C=O) groups excluding carboxylic acids is 2. The number of nitrogens with zero attached hydrogens (tertiary/aromatic N) is 1. The van der Waals surface area contributed by atoms with E-state index in [0.29, 0.717) is 12.5 Å². The van der Waals surface area contributed by atoms with Crippen LogP contribution in [0.25, 0.3) is 0 Å². The maximum atomic E-state index is 11.9. The number of anilines is 1. The van der Waals surface area contributed by atoms with Gasteiger partial charge >= 0.3 is 0 Å². The second-order valence-electron chi connectivity index (χ2n) is 6.73. The highest BCUT2D eigenvalue weighted by Crippen LogP contribution is 2.22. The van der Waals surface area contributed by atoms with Crippen LogP contribution in [0.2, 0.25) is 0 Å². The molecule has 1 aromatic rings.